The van der Waals surface area contributed by atoms with Crippen molar-refractivity contribution in [3.05, 3.63) is 89.5 Å². The number of nitrogens with zero attached hydrogens (tertiary/aromatic N) is 2. The predicted octanol–water partition coefficient (Wildman–Crippen LogP) is 6.73. The molecule has 0 N–H and O–H groups in total. The molecule has 172 valence electrons. The molecule has 4 nitrogen and oxygen atoms in total. The second-order valence-corrected chi connectivity index (χ2v) is 9.56. The Kier molecular flexibility index (Phi) is 5.17. The van der Waals surface area contributed by atoms with E-state index in [4.69, 9.17) is 4.74 Å². The van der Waals surface area contributed by atoms with Crippen molar-refractivity contribution in [3.8, 4) is 17.0 Å². The van der Waals surface area contributed by atoms with Crippen molar-refractivity contribution in [2.45, 2.75) is 44.2 Å². The largest absolute Gasteiger partial charge is 0.497 e. The van der Waals surface area contributed by atoms with Crippen LogP contribution in [0.15, 0.2) is 72.8 Å². The van der Waals surface area contributed by atoms with Gasteiger partial charge in [0.2, 0.25) is 0 Å². The number of rotatable bonds is 4. The first-order valence-corrected chi connectivity index (χ1v) is 12.3. The molecule has 2 aliphatic rings. The summed E-state index contributed by atoms with van der Waals surface area (Å²) in [7, 11) is 3.84. The number of amides is 1. The third kappa shape index (κ3) is 3.16. The van der Waals surface area contributed by atoms with Gasteiger partial charge in [-0.1, -0.05) is 67.8 Å². The summed E-state index contributed by atoms with van der Waals surface area (Å²) in [6.45, 7) is 0. The number of ether oxygens (including phenoxy) is 1. The first-order chi connectivity index (χ1) is 16.7. The predicted molar refractivity (Wildman–Crippen MR) is 136 cm³/mol. The lowest BCUT2D eigenvalue weighted by molar-refractivity contribution is 0.0613. The zero-order chi connectivity index (χ0) is 23.2. The lowest BCUT2D eigenvalue weighted by atomic mass is 9.89. The highest BCUT2D eigenvalue weighted by molar-refractivity contribution is 6.02. The van der Waals surface area contributed by atoms with E-state index in [9.17, 15) is 4.79 Å². The van der Waals surface area contributed by atoms with Crippen LogP contribution in [-0.2, 0) is 7.05 Å². The Balaban J connectivity index is 1.65. The van der Waals surface area contributed by atoms with Crippen molar-refractivity contribution in [3.63, 3.8) is 0 Å². The topological polar surface area (TPSA) is 34.5 Å². The number of aryl methyl sites for hydroxylation is 1. The smallest absolute Gasteiger partial charge is 0.255 e. The van der Waals surface area contributed by atoms with Crippen LogP contribution in [0, 0.1) is 0 Å². The van der Waals surface area contributed by atoms with E-state index in [1.54, 1.807) is 7.11 Å². The molecule has 1 atom stereocenters. The van der Waals surface area contributed by atoms with E-state index in [-0.39, 0.29) is 18.0 Å². The first kappa shape index (κ1) is 21.0. The highest BCUT2D eigenvalue weighted by Gasteiger charge is 2.43. The minimum atomic E-state index is -0.0981. The summed E-state index contributed by atoms with van der Waals surface area (Å²) < 4.78 is 7.85. The minimum absolute atomic E-state index is 0.0981. The zero-order valence-electron chi connectivity index (χ0n) is 19.8. The summed E-state index contributed by atoms with van der Waals surface area (Å²) in [5, 5.41) is 1.21. The number of carbonyl (C=O) groups excluding carboxylic acids is 1. The summed E-state index contributed by atoms with van der Waals surface area (Å²) >= 11 is 0. The van der Waals surface area contributed by atoms with E-state index in [1.807, 2.05) is 24.3 Å². The molecule has 1 fully saturated rings. The quantitative estimate of drug-likeness (QED) is 0.345. The van der Waals surface area contributed by atoms with E-state index < -0.39 is 0 Å². The summed E-state index contributed by atoms with van der Waals surface area (Å²) in [6, 6.07) is 25.2. The number of hydrogen-bond donors (Lipinski definition) is 0. The highest BCUT2D eigenvalue weighted by Crippen LogP contribution is 2.48. The normalized spacial score (nSPS) is 18.5. The van der Waals surface area contributed by atoms with E-state index in [1.165, 1.54) is 35.7 Å². The minimum Gasteiger partial charge on any atom is -0.497 e. The molecule has 1 saturated carbocycles. The fourth-order valence-corrected chi connectivity index (χ4v) is 6.19. The van der Waals surface area contributed by atoms with Crippen LogP contribution in [0.1, 0.15) is 59.6 Å². The van der Waals surface area contributed by atoms with E-state index in [2.05, 4.69) is 65.0 Å². The maximum Gasteiger partial charge on any atom is 0.255 e. The number of benzene rings is 3. The van der Waals surface area contributed by atoms with Gasteiger partial charge < -0.3 is 14.2 Å². The maximum absolute atomic E-state index is 13.9. The van der Waals surface area contributed by atoms with Crippen LogP contribution in [0.25, 0.3) is 22.2 Å². The molecule has 1 aliphatic carbocycles. The van der Waals surface area contributed by atoms with Crippen molar-refractivity contribution < 1.29 is 9.53 Å². The van der Waals surface area contributed by atoms with Crippen LogP contribution in [0.4, 0.5) is 0 Å². The average Bonchev–Trinajstić information content (AvgIpc) is 3.35. The zero-order valence-corrected chi connectivity index (χ0v) is 19.8. The van der Waals surface area contributed by atoms with Crippen molar-refractivity contribution >= 4 is 16.8 Å². The van der Waals surface area contributed by atoms with Gasteiger partial charge in [-0.3, -0.25) is 4.79 Å². The van der Waals surface area contributed by atoms with Crippen molar-refractivity contribution in [2.24, 2.45) is 7.05 Å². The van der Waals surface area contributed by atoms with Gasteiger partial charge in [0.1, 0.15) is 5.75 Å². The van der Waals surface area contributed by atoms with Crippen LogP contribution in [0.5, 0.6) is 5.75 Å². The molecule has 1 amide bonds. The molecule has 1 aliphatic heterocycles. The Morgan fingerprint density at radius 3 is 2.47 bits per heavy atom. The Morgan fingerprint density at radius 2 is 1.65 bits per heavy atom. The Morgan fingerprint density at radius 1 is 0.882 bits per heavy atom. The molecular formula is C30H30N2O2. The first-order valence-electron chi connectivity index (χ1n) is 12.3. The van der Waals surface area contributed by atoms with Crippen LogP contribution < -0.4 is 4.74 Å². The lowest BCUT2D eigenvalue weighted by Crippen LogP contribution is -2.40. The Bertz CT molecular complexity index is 1380. The number of aromatic nitrogens is 1. The molecule has 0 radical (unpaired) electrons. The summed E-state index contributed by atoms with van der Waals surface area (Å²) in [4.78, 5) is 16.1. The van der Waals surface area contributed by atoms with Gasteiger partial charge in [-0.15, -0.1) is 0 Å². The molecule has 0 spiro atoms. The average molecular weight is 451 g/mol. The summed E-state index contributed by atoms with van der Waals surface area (Å²) in [5.41, 5.74) is 6.62. The van der Waals surface area contributed by atoms with Crippen LogP contribution in [0.2, 0.25) is 0 Å². The van der Waals surface area contributed by atoms with Gasteiger partial charge in [0, 0.05) is 40.7 Å². The van der Waals surface area contributed by atoms with Crippen molar-refractivity contribution in [1.82, 2.24) is 9.47 Å². The molecule has 1 unspecified atom stereocenters. The van der Waals surface area contributed by atoms with Gasteiger partial charge in [0.25, 0.3) is 5.91 Å². The van der Waals surface area contributed by atoms with E-state index >= 15 is 0 Å². The van der Waals surface area contributed by atoms with Gasteiger partial charge in [0.05, 0.1) is 18.8 Å². The molecule has 2 heterocycles. The molecule has 1 aromatic heterocycles. The van der Waals surface area contributed by atoms with Gasteiger partial charge in [-0.25, -0.2) is 0 Å². The number of fused-ring (bicyclic) bond motifs is 2. The molecule has 6 rings (SSSR count). The Labute approximate surface area is 200 Å². The maximum atomic E-state index is 13.9. The van der Waals surface area contributed by atoms with Crippen LogP contribution >= 0.6 is 0 Å². The SMILES string of the molecule is COc1cccc(-c2c(C3c4ccccc4C(=O)N3C3CCCCC3)c3ccccc3n2C)c1. The van der Waals surface area contributed by atoms with E-state index in [0.717, 1.165) is 41.0 Å². The number of carbonyl (C=O) groups is 1. The third-order valence-electron chi connectivity index (χ3n) is 7.73. The second-order valence-electron chi connectivity index (χ2n) is 9.56. The monoisotopic (exact) mass is 450 g/mol. The van der Waals surface area contributed by atoms with Gasteiger partial charge in [0.15, 0.2) is 0 Å². The summed E-state index contributed by atoms with van der Waals surface area (Å²) in [6.07, 6.45) is 5.80. The van der Waals surface area contributed by atoms with Crippen LogP contribution in [0.3, 0.4) is 0 Å². The fraction of sp³-hybridized carbons (Fsp3) is 0.300. The lowest BCUT2D eigenvalue weighted by Gasteiger charge is -2.36. The number of para-hydroxylation sites is 1. The second kappa shape index (κ2) is 8.35. The molecule has 0 saturated heterocycles. The molecule has 34 heavy (non-hydrogen) atoms. The third-order valence-corrected chi connectivity index (χ3v) is 7.73. The molecular weight excluding hydrogens is 420 g/mol. The molecule has 0 bridgehead atoms. The standard InChI is InChI=1S/C30H30N2O2/c1-31-26-18-9-8-17-25(26)27(28(31)20-11-10-14-22(19-20)34-2)29-23-15-6-7-16-24(23)30(33)32(29)21-12-4-3-5-13-21/h6-11,14-19,21,29H,3-5,12-13H2,1-2H3. The number of methoxy groups -OCH3 is 1. The van der Waals surface area contributed by atoms with Gasteiger partial charge >= 0.3 is 0 Å². The fourth-order valence-electron chi connectivity index (χ4n) is 6.19. The van der Waals surface area contributed by atoms with Crippen LogP contribution in [-0.4, -0.2) is 28.5 Å². The number of hydrogen-bond acceptors (Lipinski definition) is 2. The molecule has 4 heteroatoms. The van der Waals surface area contributed by atoms with Gasteiger partial charge in [-0.2, -0.15) is 0 Å². The summed E-state index contributed by atoms with van der Waals surface area (Å²) in [5.74, 6) is 1.01. The molecule has 4 aromatic rings. The van der Waals surface area contributed by atoms with Crippen molar-refractivity contribution in [2.75, 3.05) is 7.11 Å². The highest BCUT2D eigenvalue weighted by atomic mass is 16.5. The van der Waals surface area contributed by atoms with E-state index in [0.29, 0.717) is 0 Å². The van der Waals surface area contributed by atoms with Crippen molar-refractivity contribution in [1.29, 1.82) is 0 Å². The molecule has 3 aromatic carbocycles. The Hall–Kier alpha value is -3.53. The van der Waals surface area contributed by atoms with Gasteiger partial charge in [-0.05, 0) is 42.7 Å².